The van der Waals surface area contributed by atoms with Crippen LogP contribution in [0.2, 0.25) is 0 Å². The first kappa shape index (κ1) is 10.7. The zero-order chi connectivity index (χ0) is 12.1. The zero-order valence-electron chi connectivity index (χ0n) is 8.91. The number of ketones is 1. The number of hydrogen-bond acceptors (Lipinski definition) is 3. The van der Waals surface area contributed by atoms with Gasteiger partial charge >= 0.3 is 0 Å². The summed E-state index contributed by atoms with van der Waals surface area (Å²) in [7, 11) is 0. The van der Waals surface area contributed by atoms with Crippen LogP contribution in [0, 0.1) is 15.9 Å². The number of nitro groups is 1. The number of fused-ring (bicyclic) bond motifs is 1. The highest BCUT2D eigenvalue weighted by atomic mass is 19.1. The fraction of sp³-hybridized carbons (Fsp3) is 0.364. The van der Waals surface area contributed by atoms with E-state index < -0.39 is 16.2 Å². The van der Waals surface area contributed by atoms with Crippen LogP contribution < -0.4 is 0 Å². The summed E-state index contributed by atoms with van der Waals surface area (Å²) >= 11 is 0. The van der Waals surface area contributed by atoms with Gasteiger partial charge in [-0.25, -0.2) is 4.39 Å². The molecule has 0 radical (unpaired) electrons. The minimum Gasteiger partial charge on any atom is -0.294 e. The molecule has 0 spiro atoms. The summed E-state index contributed by atoms with van der Waals surface area (Å²) in [5.74, 6) is -0.900. The molecule has 16 heavy (non-hydrogen) atoms. The largest absolute Gasteiger partial charge is 0.294 e. The molecule has 5 heteroatoms. The van der Waals surface area contributed by atoms with Crippen molar-refractivity contribution < 1.29 is 14.1 Å². The molecule has 1 aliphatic rings. The topological polar surface area (TPSA) is 60.2 Å². The van der Waals surface area contributed by atoms with Gasteiger partial charge in [-0.2, -0.15) is 0 Å². The van der Waals surface area contributed by atoms with Crippen LogP contribution in [0.3, 0.4) is 0 Å². The van der Waals surface area contributed by atoms with Gasteiger partial charge in [0, 0.05) is 23.5 Å². The average Bonchev–Trinajstić information content (AvgIpc) is 2.38. The summed E-state index contributed by atoms with van der Waals surface area (Å²) in [4.78, 5) is 21.8. The Morgan fingerprint density at radius 1 is 1.44 bits per heavy atom. The van der Waals surface area contributed by atoms with E-state index in [2.05, 4.69) is 0 Å². The predicted octanol–water partition coefficient (Wildman–Crippen LogP) is 2.60. The third kappa shape index (κ3) is 1.31. The summed E-state index contributed by atoms with van der Waals surface area (Å²) < 4.78 is 13.6. The molecule has 0 amide bonds. The third-order valence-corrected chi connectivity index (χ3v) is 2.89. The van der Waals surface area contributed by atoms with Gasteiger partial charge in [-0.15, -0.1) is 0 Å². The molecule has 0 fully saturated rings. The number of nitro benzene ring substituents is 1. The molecule has 0 bridgehead atoms. The summed E-state index contributed by atoms with van der Waals surface area (Å²) in [6, 6.07) is 2.10. The van der Waals surface area contributed by atoms with Crippen molar-refractivity contribution >= 4 is 11.5 Å². The van der Waals surface area contributed by atoms with Gasteiger partial charge < -0.3 is 0 Å². The Bertz CT molecular complexity index is 508. The number of hydrogen-bond donors (Lipinski definition) is 0. The highest BCUT2D eigenvalue weighted by Crippen LogP contribution is 2.43. The second-order valence-corrected chi connectivity index (χ2v) is 4.56. The lowest BCUT2D eigenvalue weighted by molar-refractivity contribution is -0.385. The Labute approximate surface area is 91.2 Å². The van der Waals surface area contributed by atoms with E-state index in [1.54, 1.807) is 13.8 Å². The monoisotopic (exact) mass is 223 g/mol. The molecule has 1 aromatic rings. The van der Waals surface area contributed by atoms with E-state index in [1.165, 1.54) is 0 Å². The highest BCUT2D eigenvalue weighted by Gasteiger charge is 2.42. The highest BCUT2D eigenvalue weighted by molar-refractivity contribution is 6.05. The Kier molecular flexibility index (Phi) is 2.08. The molecule has 1 aliphatic carbocycles. The van der Waals surface area contributed by atoms with Crippen molar-refractivity contribution in [1.29, 1.82) is 0 Å². The molecule has 0 aliphatic heterocycles. The van der Waals surface area contributed by atoms with Crippen LogP contribution in [0.25, 0.3) is 0 Å². The molecular weight excluding hydrogens is 213 g/mol. The molecule has 0 saturated heterocycles. The Balaban J connectivity index is 2.81. The van der Waals surface area contributed by atoms with E-state index in [0.29, 0.717) is 0 Å². The van der Waals surface area contributed by atoms with Crippen molar-refractivity contribution in [1.82, 2.24) is 0 Å². The molecule has 2 rings (SSSR count). The standard InChI is InChI=1S/C11H10FNO3/c1-11(2)5-8(14)9-7(13(15)16)4-3-6(12)10(9)11/h3-4H,5H2,1-2H3. The quantitative estimate of drug-likeness (QED) is 0.543. The first-order valence-corrected chi connectivity index (χ1v) is 4.85. The van der Waals surface area contributed by atoms with Crippen molar-refractivity contribution in [2.24, 2.45) is 0 Å². The van der Waals surface area contributed by atoms with E-state index >= 15 is 0 Å². The van der Waals surface area contributed by atoms with E-state index in [-0.39, 0.29) is 29.0 Å². The molecular formula is C11H10FNO3. The summed E-state index contributed by atoms with van der Waals surface area (Å²) in [6.07, 6.45) is 0.115. The van der Waals surface area contributed by atoms with Gasteiger partial charge in [-0.3, -0.25) is 14.9 Å². The maximum atomic E-state index is 13.6. The third-order valence-electron chi connectivity index (χ3n) is 2.89. The van der Waals surface area contributed by atoms with Gasteiger partial charge in [0.1, 0.15) is 11.4 Å². The van der Waals surface area contributed by atoms with Gasteiger partial charge in [0.2, 0.25) is 0 Å². The van der Waals surface area contributed by atoms with Gasteiger partial charge in [0.05, 0.1) is 4.92 Å². The minimum absolute atomic E-state index is 0.0602. The minimum atomic E-state index is -0.664. The number of nitrogens with zero attached hydrogens (tertiary/aromatic N) is 1. The van der Waals surface area contributed by atoms with Crippen LogP contribution in [0.1, 0.15) is 36.2 Å². The Morgan fingerprint density at radius 2 is 2.06 bits per heavy atom. The summed E-state index contributed by atoms with van der Waals surface area (Å²) in [6.45, 7) is 3.42. The number of halogens is 1. The average molecular weight is 223 g/mol. The molecule has 0 unspecified atom stereocenters. The number of carbonyl (C=O) groups is 1. The first-order valence-electron chi connectivity index (χ1n) is 4.85. The van der Waals surface area contributed by atoms with Crippen LogP contribution in [-0.2, 0) is 5.41 Å². The molecule has 0 N–H and O–H groups in total. The van der Waals surface area contributed by atoms with Crippen LogP contribution in [0.4, 0.5) is 10.1 Å². The molecule has 0 heterocycles. The molecule has 0 atom stereocenters. The SMILES string of the molecule is CC1(C)CC(=O)c2c([N+](=O)[O-])ccc(F)c21. The second-order valence-electron chi connectivity index (χ2n) is 4.56. The summed E-state index contributed by atoms with van der Waals surface area (Å²) in [5.41, 5.74) is -0.851. The van der Waals surface area contributed by atoms with Crippen molar-refractivity contribution in [3.05, 3.63) is 39.2 Å². The van der Waals surface area contributed by atoms with E-state index in [9.17, 15) is 19.3 Å². The fourth-order valence-electron chi connectivity index (χ4n) is 2.24. The van der Waals surface area contributed by atoms with Gasteiger partial charge in [0.25, 0.3) is 5.69 Å². The lowest BCUT2D eigenvalue weighted by Gasteiger charge is -2.17. The first-order chi connectivity index (χ1) is 7.34. The van der Waals surface area contributed by atoms with Gasteiger partial charge in [0.15, 0.2) is 5.78 Å². The van der Waals surface area contributed by atoms with E-state index in [4.69, 9.17) is 0 Å². The van der Waals surface area contributed by atoms with E-state index in [1.807, 2.05) is 0 Å². The van der Waals surface area contributed by atoms with Crippen molar-refractivity contribution in [3.63, 3.8) is 0 Å². The van der Waals surface area contributed by atoms with Crippen molar-refractivity contribution in [2.75, 3.05) is 0 Å². The van der Waals surface area contributed by atoms with Crippen LogP contribution in [0.15, 0.2) is 12.1 Å². The Hall–Kier alpha value is -1.78. The lowest BCUT2D eigenvalue weighted by atomic mass is 9.86. The molecule has 1 aromatic carbocycles. The zero-order valence-corrected chi connectivity index (χ0v) is 8.91. The Morgan fingerprint density at radius 3 is 2.62 bits per heavy atom. The van der Waals surface area contributed by atoms with Crippen molar-refractivity contribution in [2.45, 2.75) is 25.7 Å². The number of rotatable bonds is 1. The second kappa shape index (κ2) is 3.10. The van der Waals surface area contributed by atoms with Crippen LogP contribution in [-0.4, -0.2) is 10.7 Å². The van der Waals surface area contributed by atoms with Crippen LogP contribution >= 0.6 is 0 Å². The molecule has 84 valence electrons. The molecule has 0 aromatic heterocycles. The van der Waals surface area contributed by atoms with E-state index in [0.717, 1.165) is 12.1 Å². The maximum Gasteiger partial charge on any atom is 0.280 e. The van der Waals surface area contributed by atoms with Gasteiger partial charge in [-0.05, 0) is 6.07 Å². The molecule has 4 nitrogen and oxygen atoms in total. The smallest absolute Gasteiger partial charge is 0.280 e. The normalized spacial score (nSPS) is 17.3. The maximum absolute atomic E-state index is 13.6. The fourth-order valence-corrected chi connectivity index (χ4v) is 2.24. The lowest BCUT2D eigenvalue weighted by Crippen LogP contribution is -2.14. The molecule has 0 saturated carbocycles. The van der Waals surface area contributed by atoms with Crippen molar-refractivity contribution in [3.8, 4) is 0 Å². The summed E-state index contributed by atoms with van der Waals surface area (Å²) in [5, 5.41) is 10.8. The number of benzene rings is 1. The number of Topliss-reactive ketones (excluding diaryl/α,β-unsaturated/α-hetero) is 1. The van der Waals surface area contributed by atoms with Gasteiger partial charge in [-0.1, -0.05) is 13.8 Å². The predicted molar refractivity (Wildman–Crippen MR) is 55.0 cm³/mol. The van der Waals surface area contributed by atoms with Crippen LogP contribution in [0.5, 0.6) is 0 Å². The number of carbonyl (C=O) groups excluding carboxylic acids is 1.